The third kappa shape index (κ3) is 3.76. The Morgan fingerprint density at radius 3 is 2.43 bits per heavy atom. The summed E-state index contributed by atoms with van der Waals surface area (Å²) < 4.78 is 13.9. The van der Waals surface area contributed by atoms with Crippen molar-refractivity contribution in [2.24, 2.45) is 5.73 Å². The van der Waals surface area contributed by atoms with E-state index in [1.165, 1.54) is 12.1 Å². The Hall–Kier alpha value is -0.650. The molecule has 6 heteroatoms. The molecule has 3 N–H and O–H groups in total. The molecule has 0 spiro atoms. The van der Waals surface area contributed by atoms with Gasteiger partial charge in [0.2, 0.25) is 0 Å². The van der Waals surface area contributed by atoms with Gasteiger partial charge < -0.3 is 10.8 Å². The fourth-order valence-electron chi connectivity index (χ4n) is 2.16. The second-order valence-corrected chi connectivity index (χ2v) is 6.30. The average molecular weight is 393 g/mol. The van der Waals surface area contributed by atoms with Crippen molar-refractivity contribution in [2.75, 3.05) is 6.54 Å². The number of benzene rings is 2. The highest BCUT2D eigenvalue weighted by atomic mass is 79.9. The van der Waals surface area contributed by atoms with Crippen LogP contribution in [0.25, 0.3) is 0 Å². The van der Waals surface area contributed by atoms with E-state index in [4.69, 9.17) is 28.9 Å². The lowest BCUT2D eigenvalue weighted by molar-refractivity contribution is 0.147. The van der Waals surface area contributed by atoms with Gasteiger partial charge in [-0.3, -0.25) is 0 Å². The largest absolute Gasteiger partial charge is 0.388 e. The standard InChI is InChI=1S/C15H13BrCl2FNO/c16-12-4-1-8(5-14(12)18)15(21)11(7-20)10-3-2-9(19)6-13(10)17/h1-6,11,15,21H,7,20H2. The van der Waals surface area contributed by atoms with E-state index < -0.39 is 17.8 Å². The Kier molecular flexibility index (Phi) is 5.63. The van der Waals surface area contributed by atoms with E-state index in [0.717, 1.165) is 4.47 Å². The van der Waals surface area contributed by atoms with Gasteiger partial charge in [-0.1, -0.05) is 35.3 Å². The van der Waals surface area contributed by atoms with Gasteiger partial charge in [0.15, 0.2) is 0 Å². The lowest BCUT2D eigenvalue weighted by atomic mass is 9.89. The smallest absolute Gasteiger partial charge is 0.124 e. The molecule has 2 aromatic rings. The predicted molar refractivity (Wildman–Crippen MR) is 87.3 cm³/mol. The van der Waals surface area contributed by atoms with Gasteiger partial charge in [-0.15, -0.1) is 0 Å². The van der Waals surface area contributed by atoms with Gasteiger partial charge in [-0.05, 0) is 51.3 Å². The Bertz CT molecular complexity index is 654. The summed E-state index contributed by atoms with van der Waals surface area (Å²) in [6.07, 6.45) is -0.886. The molecule has 0 aliphatic carbocycles. The van der Waals surface area contributed by atoms with Crippen LogP contribution in [0.1, 0.15) is 23.1 Å². The van der Waals surface area contributed by atoms with Crippen LogP contribution in [0.15, 0.2) is 40.9 Å². The van der Waals surface area contributed by atoms with E-state index in [1.807, 2.05) is 0 Å². The van der Waals surface area contributed by atoms with Crippen LogP contribution in [0.5, 0.6) is 0 Å². The molecule has 0 aliphatic rings. The van der Waals surface area contributed by atoms with Crippen LogP contribution in [0.3, 0.4) is 0 Å². The molecule has 2 aromatic carbocycles. The Morgan fingerprint density at radius 1 is 1.14 bits per heavy atom. The lowest BCUT2D eigenvalue weighted by Gasteiger charge is -2.23. The van der Waals surface area contributed by atoms with Crippen LogP contribution >= 0.6 is 39.1 Å². The highest BCUT2D eigenvalue weighted by Crippen LogP contribution is 2.36. The zero-order valence-corrected chi connectivity index (χ0v) is 14.0. The van der Waals surface area contributed by atoms with E-state index in [9.17, 15) is 9.50 Å². The van der Waals surface area contributed by atoms with Crippen molar-refractivity contribution < 1.29 is 9.50 Å². The van der Waals surface area contributed by atoms with E-state index in [2.05, 4.69) is 15.9 Å². The molecule has 0 saturated carbocycles. The van der Waals surface area contributed by atoms with Crippen molar-refractivity contribution in [1.82, 2.24) is 0 Å². The fourth-order valence-corrected chi connectivity index (χ4v) is 2.90. The summed E-state index contributed by atoms with van der Waals surface area (Å²) >= 11 is 15.4. The third-order valence-corrected chi connectivity index (χ3v) is 4.84. The maximum absolute atomic E-state index is 13.1. The normalized spacial score (nSPS) is 14.0. The van der Waals surface area contributed by atoms with Gasteiger partial charge >= 0.3 is 0 Å². The molecule has 2 unspecified atom stereocenters. The fraction of sp³-hybridized carbons (Fsp3) is 0.200. The first kappa shape index (κ1) is 16.7. The van der Waals surface area contributed by atoms with Gasteiger partial charge in [0.25, 0.3) is 0 Å². The van der Waals surface area contributed by atoms with Gasteiger partial charge in [-0.2, -0.15) is 0 Å². The van der Waals surface area contributed by atoms with Crippen LogP contribution < -0.4 is 5.73 Å². The first-order valence-corrected chi connectivity index (χ1v) is 7.77. The van der Waals surface area contributed by atoms with Crippen LogP contribution in [0, 0.1) is 5.82 Å². The number of nitrogens with two attached hydrogens (primary N) is 1. The summed E-state index contributed by atoms with van der Waals surface area (Å²) in [6, 6.07) is 9.21. The minimum atomic E-state index is -0.886. The maximum Gasteiger partial charge on any atom is 0.124 e. The van der Waals surface area contributed by atoms with Crippen molar-refractivity contribution >= 4 is 39.1 Å². The SMILES string of the molecule is NCC(c1ccc(F)cc1Cl)C(O)c1ccc(Br)c(Cl)c1. The minimum Gasteiger partial charge on any atom is -0.388 e. The molecule has 0 fully saturated rings. The van der Waals surface area contributed by atoms with E-state index in [-0.39, 0.29) is 11.6 Å². The highest BCUT2D eigenvalue weighted by Gasteiger charge is 2.24. The van der Waals surface area contributed by atoms with Gasteiger partial charge in [-0.25, -0.2) is 4.39 Å². The molecule has 112 valence electrons. The van der Waals surface area contributed by atoms with E-state index >= 15 is 0 Å². The molecule has 0 aliphatic heterocycles. The van der Waals surface area contributed by atoms with Gasteiger partial charge in [0, 0.05) is 22.0 Å². The minimum absolute atomic E-state index is 0.167. The molecule has 0 amide bonds. The molecule has 2 atom stereocenters. The molecule has 0 bridgehead atoms. The van der Waals surface area contributed by atoms with Crippen LogP contribution in [0.2, 0.25) is 10.0 Å². The topological polar surface area (TPSA) is 46.2 Å². The number of halogens is 4. The monoisotopic (exact) mass is 391 g/mol. The molecule has 0 aromatic heterocycles. The Labute approximate surface area is 140 Å². The number of rotatable bonds is 4. The van der Waals surface area contributed by atoms with Crippen LogP contribution in [-0.4, -0.2) is 11.7 Å². The van der Waals surface area contributed by atoms with E-state index in [1.54, 1.807) is 24.3 Å². The summed E-state index contributed by atoms with van der Waals surface area (Å²) in [5, 5.41) is 11.3. The third-order valence-electron chi connectivity index (χ3n) is 3.28. The number of aliphatic hydroxyl groups is 1. The van der Waals surface area contributed by atoms with Crippen LogP contribution in [-0.2, 0) is 0 Å². The quantitative estimate of drug-likeness (QED) is 0.793. The number of aliphatic hydroxyl groups excluding tert-OH is 1. The van der Waals surface area contributed by atoms with Crippen molar-refractivity contribution in [3.05, 3.63) is 67.9 Å². The molecular formula is C15H13BrCl2FNO. The van der Waals surface area contributed by atoms with Crippen LogP contribution in [0.4, 0.5) is 4.39 Å². The summed E-state index contributed by atoms with van der Waals surface area (Å²) in [5.41, 5.74) is 6.99. The maximum atomic E-state index is 13.1. The van der Waals surface area contributed by atoms with Gasteiger partial charge in [0.05, 0.1) is 11.1 Å². The summed E-state index contributed by atoms with van der Waals surface area (Å²) in [7, 11) is 0. The summed E-state index contributed by atoms with van der Waals surface area (Å²) in [5.74, 6) is -0.879. The highest BCUT2D eigenvalue weighted by molar-refractivity contribution is 9.10. The molecule has 0 saturated heterocycles. The molecule has 0 heterocycles. The van der Waals surface area contributed by atoms with Crippen molar-refractivity contribution in [2.45, 2.75) is 12.0 Å². The molecule has 21 heavy (non-hydrogen) atoms. The summed E-state index contributed by atoms with van der Waals surface area (Å²) in [6.45, 7) is 0.167. The van der Waals surface area contributed by atoms with Gasteiger partial charge in [0.1, 0.15) is 5.82 Å². The number of hydrogen-bond donors (Lipinski definition) is 2. The molecule has 0 radical (unpaired) electrons. The van der Waals surface area contributed by atoms with Crippen molar-refractivity contribution in [1.29, 1.82) is 0 Å². The Balaban J connectivity index is 2.37. The molecule has 2 nitrogen and oxygen atoms in total. The molecular weight excluding hydrogens is 380 g/mol. The first-order valence-electron chi connectivity index (χ1n) is 6.22. The second kappa shape index (κ2) is 7.07. The lowest BCUT2D eigenvalue weighted by Crippen LogP contribution is -2.20. The molecule has 2 rings (SSSR count). The Morgan fingerprint density at radius 2 is 1.86 bits per heavy atom. The zero-order valence-electron chi connectivity index (χ0n) is 10.9. The average Bonchev–Trinajstić information content (AvgIpc) is 2.44. The van der Waals surface area contributed by atoms with E-state index in [0.29, 0.717) is 16.1 Å². The first-order chi connectivity index (χ1) is 9.93. The predicted octanol–water partition coefficient (Wildman–Crippen LogP) is 4.67. The zero-order chi connectivity index (χ0) is 15.6. The second-order valence-electron chi connectivity index (χ2n) is 4.63. The van der Waals surface area contributed by atoms with Crippen molar-refractivity contribution in [3.8, 4) is 0 Å². The van der Waals surface area contributed by atoms with Crippen molar-refractivity contribution in [3.63, 3.8) is 0 Å². The number of hydrogen-bond acceptors (Lipinski definition) is 2. The summed E-state index contributed by atoms with van der Waals surface area (Å²) in [4.78, 5) is 0.